The number of carbonyl (C=O) groups excluding carboxylic acids is 1. The van der Waals surface area contributed by atoms with Crippen LogP contribution in [0, 0.1) is 0 Å². The van der Waals surface area contributed by atoms with Gasteiger partial charge in [-0.05, 0) is 29.8 Å². The van der Waals surface area contributed by atoms with Gasteiger partial charge in [-0.2, -0.15) is 5.10 Å². The van der Waals surface area contributed by atoms with Gasteiger partial charge in [-0.15, -0.1) is 0 Å². The van der Waals surface area contributed by atoms with Crippen molar-refractivity contribution in [3.63, 3.8) is 0 Å². The predicted octanol–water partition coefficient (Wildman–Crippen LogP) is 4.88. The van der Waals surface area contributed by atoms with Crippen LogP contribution in [-0.2, 0) is 4.74 Å². The van der Waals surface area contributed by atoms with Crippen LogP contribution in [0.5, 0.6) is 0 Å². The molecule has 7 heteroatoms. The van der Waals surface area contributed by atoms with Crippen LogP contribution in [0.2, 0.25) is 15.1 Å². The molecule has 0 aliphatic rings. The van der Waals surface area contributed by atoms with E-state index in [1.165, 1.54) is 7.11 Å². The maximum atomic E-state index is 11.3. The van der Waals surface area contributed by atoms with Crippen molar-refractivity contribution >= 4 is 52.7 Å². The molecule has 0 aromatic heterocycles. The Bertz CT molecular complexity index is 692. The SMILES string of the molecule is COC(=O)c1ccc(/C=N\Nc2c(Cl)cc(Cl)cc2Cl)cc1. The highest BCUT2D eigenvalue weighted by Gasteiger charge is 2.06. The zero-order valence-electron chi connectivity index (χ0n) is 11.4. The molecule has 0 fully saturated rings. The number of methoxy groups -OCH3 is 1. The smallest absolute Gasteiger partial charge is 0.337 e. The van der Waals surface area contributed by atoms with Gasteiger partial charge in [0.2, 0.25) is 0 Å². The number of nitrogens with one attached hydrogen (secondary N) is 1. The van der Waals surface area contributed by atoms with Gasteiger partial charge in [0.15, 0.2) is 0 Å². The van der Waals surface area contributed by atoms with E-state index < -0.39 is 0 Å². The lowest BCUT2D eigenvalue weighted by Gasteiger charge is -2.06. The minimum absolute atomic E-state index is 0.371. The average molecular weight is 358 g/mol. The molecule has 0 amide bonds. The molecule has 0 aliphatic carbocycles. The molecule has 22 heavy (non-hydrogen) atoms. The normalized spacial score (nSPS) is 10.7. The number of benzene rings is 2. The number of halogens is 3. The minimum Gasteiger partial charge on any atom is -0.465 e. The van der Waals surface area contributed by atoms with Crippen LogP contribution >= 0.6 is 34.8 Å². The second kappa shape index (κ2) is 7.49. The molecular weight excluding hydrogens is 347 g/mol. The van der Waals surface area contributed by atoms with E-state index in [0.29, 0.717) is 26.3 Å². The third kappa shape index (κ3) is 4.13. The van der Waals surface area contributed by atoms with Gasteiger partial charge in [-0.3, -0.25) is 5.43 Å². The van der Waals surface area contributed by atoms with E-state index in [0.717, 1.165) is 5.56 Å². The molecule has 2 aromatic carbocycles. The summed E-state index contributed by atoms with van der Waals surface area (Å²) in [7, 11) is 1.33. The monoisotopic (exact) mass is 356 g/mol. The molecule has 0 bridgehead atoms. The van der Waals surface area contributed by atoms with E-state index in [1.807, 2.05) is 0 Å². The van der Waals surface area contributed by atoms with Crippen LogP contribution in [0.4, 0.5) is 5.69 Å². The molecule has 0 aliphatic heterocycles. The van der Waals surface area contributed by atoms with Crippen molar-refractivity contribution in [3.05, 3.63) is 62.6 Å². The second-order valence-corrected chi connectivity index (χ2v) is 5.48. The van der Waals surface area contributed by atoms with Gasteiger partial charge in [-0.25, -0.2) is 4.79 Å². The van der Waals surface area contributed by atoms with Crippen molar-refractivity contribution < 1.29 is 9.53 Å². The van der Waals surface area contributed by atoms with Crippen molar-refractivity contribution in [2.24, 2.45) is 5.10 Å². The van der Waals surface area contributed by atoms with E-state index in [1.54, 1.807) is 42.6 Å². The Morgan fingerprint density at radius 1 is 1.14 bits per heavy atom. The van der Waals surface area contributed by atoms with Gasteiger partial charge in [0.25, 0.3) is 0 Å². The fourth-order valence-corrected chi connectivity index (χ4v) is 2.54. The molecule has 0 atom stereocenters. The minimum atomic E-state index is -0.388. The number of anilines is 1. The Kier molecular flexibility index (Phi) is 5.66. The summed E-state index contributed by atoms with van der Waals surface area (Å²) >= 11 is 17.9. The fraction of sp³-hybridized carbons (Fsp3) is 0.0667. The third-order valence-corrected chi connectivity index (χ3v) is 3.54. The summed E-state index contributed by atoms with van der Waals surface area (Å²) in [5.74, 6) is -0.388. The molecule has 0 radical (unpaired) electrons. The lowest BCUT2D eigenvalue weighted by Crippen LogP contribution is -2.00. The molecule has 2 rings (SSSR count). The Morgan fingerprint density at radius 3 is 2.27 bits per heavy atom. The van der Waals surface area contributed by atoms with Crippen LogP contribution in [-0.4, -0.2) is 19.3 Å². The summed E-state index contributed by atoms with van der Waals surface area (Å²) in [5, 5.41) is 5.24. The van der Waals surface area contributed by atoms with E-state index in [-0.39, 0.29) is 5.97 Å². The summed E-state index contributed by atoms with van der Waals surface area (Å²) in [6, 6.07) is 9.91. The number of carbonyl (C=O) groups is 1. The number of rotatable bonds is 4. The predicted molar refractivity (Wildman–Crippen MR) is 90.5 cm³/mol. The lowest BCUT2D eigenvalue weighted by atomic mass is 10.1. The molecule has 0 saturated carbocycles. The lowest BCUT2D eigenvalue weighted by molar-refractivity contribution is 0.0601. The highest BCUT2D eigenvalue weighted by atomic mass is 35.5. The van der Waals surface area contributed by atoms with Crippen molar-refractivity contribution in [1.82, 2.24) is 0 Å². The van der Waals surface area contributed by atoms with Crippen LogP contribution < -0.4 is 5.43 Å². The molecule has 1 N–H and O–H groups in total. The first-order valence-electron chi connectivity index (χ1n) is 6.13. The molecule has 114 valence electrons. The summed E-state index contributed by atoms with van der Waals surface area (Å²) in [4.78, 5) is 11.3. The Labute approximate surface area is 142 Å². The highest BCUT2D eigenvalue weighted by Crippen LogP contribution is 2.33. The molecule has 2 aromatic rings. The molecule has 0 heterocycles. The third-order valence-electron chi connectivity index (χ3n) is 2.73. The average Bonchev–Trinajstić information content (AvgIpc) is 2.49. The first kappa shape index (κ1) is 16.6. The van der Waals surface area contributed by atoms with Crippen molar-refractivity contribution in [2.45, 2.75) is 0 Å². The van der Waals surface area contributed by atoms with Crippen LogP contribution in [0.1, 0.15) is 15.9 Å². The first-order chi connectivity index (χ1) is 10.5. The van der Waals surface area contributed by atoms with E-state index >= 15 is 0 Å². The van der Waals surface area contributed by atoms with Crippen LogP contribution in [0.3, 0.4) is 0 Å². The van der Waals surface area contributed by atoms with Crippen LogP contribution in [0.15, 0.2) is 41.5 Å². The Hall–Kier alpha value is -1.75. The quantitative estimate of drug-likeness (QED) is 0.482. The van der Waals surface area contributed by atoms with Gasteiger partial charge >= 0.3 is 5.97 Å². The standard InChI is InChI=1S/C15H11Cl3N2O2/c1-22-15(21)10-4-2-9(3-5-10)8-19-20-14-12(17)6-11(16)7-13(14)18/h2-8,20H,1H3/b19-8-. The van der Waals surface area contributed by atoms with E-state index in [4.69, 9.17) is 34.8 Å². The molecule has 4 nitrogen and oxygen atoms in total. The van der Waals surface area contributed by atoms with Gasteiger partial charge in [0.1, 0.15) is 0 Å². The largest absolute Gasteiger partial charge is 0.465 e. The second-order valence-electron chi connectivity index (χ2n) is 4.23. The molecular formula is C15H11Cl3N2O2. The summed E-state index contributed by atoms with van der Waals surface area (Å²) in [5.41, 5.74) is 4.49. The summed E-state index contributed by atoms with van der Waals surface area (Å²) < 4.78 is 4.63. The molecule has 0 saturated heterocycles. The molecule has 0 unspecified atom stereocenters. The zero-order chi connectivity index (χ0) is 16.1. The number of ether oxygens (including phenoxy) is 1. The topological polar surface area (TPSA) is 50.7 Å². The van der Waals surface area contributed by atoms with Gasteiger partial charge in [0, 0.05) is 5.02 Å². The number of esters is 1. The Balaban J connectivity index is 2.08. The molecule has 0 spiro atoms. The number of hydrazone groups is 1. The van der Waals surface area contributed by atoms with E-state index in [2.05, 4.69) is 15.3 Å². The van der Waals surface area contributed by atoms with Crippen molar-refractivity contribution in [1.29, 1.82) is 0 Å². The number of hydrogen-bond donors (Lipinski definition) is 1. The zero-order valence-corrected chi connectivity index (χ0v) is 13.7. The van der Waals surface area contributed by atoms with Crippen LogP contribution in [0.25, 0.3) is 0 Å². The fourth-order valence-electron chi connectivity index (χ4n) is 1.64. The number of hydrogen-bond acceptors (Lipinski definition) is 4. The summed E-state index contributed by atoms with van der Waals surface area (Å²) in [6.07, 6.45) is 1.57. The highest BCUT2D eigenvalue weighted by molar-refractivity contribution is 6.41. The maximum absolute atomic E-state index is 11.3. The van der Waals surface area contributed by atoms with Crippen molar-refractivity contribution in [2.75, 3.05) is 12.5 Å². The van der Waals surface area contributed by atoms with Gasteiger partial charge < -0.3 is 4.74 Å². The van der Waals surface area contributed by atoms with Gasteiger partial charge in [0.05, 0.1) is 34.6 Å². The Morgan fingerprint density at radius 2 is 1.73 bits per heavy atom. The van der Waals surface area contributed by atoms with E-state index in [9.17, 15) is 4.79 Å². The number of nitrogens with zero attached hydrogens (tertiary/aromatic N) is 1. The van der Waals surface area contributed by atoms with Gasteiger partial charge in [-0.1, -0.05) is 46.9 Å². The first-order valence-corrected chi connectivity index (χ1v) is 7.26. The summed E-state index contributed by atoms with van der Waals surface area (Å²) in [6.45, 7) is 0. The van der Waals surface area contributed by atoms with Crippen molar-refractivity contribution in [3.8, 4) is 0 Å². The maximum Gasteiger partial charge on any atom is 0.337 e.